The zero-order chi connectivity index (χ0) is 11.6. The maximum Gasteiger partial charge on any atom is 0.246 e. The minimum absolute atomic E-state index is 0.0388. The Morgan fingerprint density at radius 1 is 1.56 bits per heavy atom. The van der Waals surface area contributed by atoms with Crippen LogP contribution in [0.2, 0.25) is 0 Å². The molecule has 2 rings (SSSR count). The van der Waals surface area contributed by atoms with E-state index in [4.69, 9.17) is 4.74 Å². The summed E-state index contributed by atoms with van der Waals surface area (Å²) in [5.41, 5.74) is 0.467. The van der Waals surface area contributed by atoms with Crippen LogP contribution >= 0.6 is 0 Å². The lowest BCUT2D eigenvalue weighted by Gasteiger charge is -2.17. The average Bonchev–Trinajstić information content (AvgIpc) is 2.99. The third kappa shape index (κ3) is 2.22. The van der Waals surface area contributed by atoms with Crippen molar-refractivity contribution in [3.63, 3.8) is 0 Å². The third-order valence-electron chi connectivity index (χ3n) is 2.78. The minimum Gasteiger partial charge on any atom is -0.375 e. The second-order valence-corrected chi connectivity index (χ2v) is 4.07. The van der Waals surface area contributed by atoms with E-state index < -0.39 is 0 Å². The number of carbonyl (C=O) groups excluding carboxylic acids is 1. The lowest BCUT2D eigenvalue weighted by molar-refractivity contribution is -0.125. The zero-order valence-electron chi connectivity index (χ0n) is 9.13. The molecular formula is C12H14FNO2. The van der Waals surface area contributed by atoms with Crippen LogP contribution in [-0.2, 0) is 15.1 Å². The molecule has 0 saturated heterocycles. The number of carbonyl (C=O) groups is 1. The first-order valence-corrected chi connectivity index (χ1v) is 5.22. The highest BCUT2D eigenvalue weighted by molar-refractivity contribution is 5.78. The van der Waals surface area contributed by atoms with Crippen LogP contribution in [0.25, 0.3) is 0 Å². The summed E-state index contributed by atoms with van der Waals surface area (Å²) >= 11 is 0. The predicted molar refractivity (Wildman–Crippen MR) is 57.3 cm³/mol. The molecule has 0 aliphatic heterocycles. The zero-order valence-corrected chi connectivity index (χ0v) is 9.13. The molecular weight excluding hydrogens is 209 g/mol. The van der Waals surface area contributed by atoms with Gasteiger partial charge in [-0.25, -0.2) is 4.39 Å². The highest BCUT2D eigenvalue weighted by Gasteiger charge is 2.45. The van der Waals surface area contributed by atoms with Gasteiger partial charge < -0.3 is 10.1 Å². The molecule has 1 saturated carbocycles. The van der Waals surface area contributed by atoms with Gasteiger partial charge in [0.15, 0.2) is 0 Å². The first-order valence-electron chi connectivity index (χ1n) is 5.22. The monoisotopic (exact) mass is 223 g/mol. The summed E-state index contributed by atoms with van der Waals surface area (Å²) in [7, 11) is 1.47. The molecule has 4 heteroatoms. The molecule has 1 aliphatic carbocycles. The Morgan fingerprint density at radius 2 is 2.31 bits per heavy atom. The Kier molecular flexibility index (Phi) is 2.92. The van der Waals surface area contributed by atoms with E-state index >= 15 is 0 Å². The first kappa shape index (κ1) is 11.1. The van der Waals surface area contributed by atoms with Crippen molar-refractivity contribution in [3.8, 4) is 0 Å². The van der Waals surface area contributed by atoms with Crippen molar-refractivity contribution in [2.75, 3.05) is 13.7 Å². The number of ether oxygens (including phenoxy) is 1. The van der Waals surface area contributed by atoms with Gasteiger partial charge >= 0.3 is 0 Å². The molecule has 1 aromatic carbocycles. The fraction of sp³-hybridized carbons (Fsp3) is 0.417. The number of amides is 1. The Hall–Kier alpha value is -1.42. The number of methoxy groups -OCH3 is 1. The van der Waals surface area contributed by atoms with Gasteiger partial charge in [-0.15, -0.1) is 0 Å². The molecule has 0 unspecified atom stereocenters. The molecule has 3 nitrogen and oxygen atoms in total. The van der Waals surface area contributed by atoms with E-state index in [0.29, 0.717) is 0 Å². The van der Waals surface area contributed by atoms with E-state index in [1.54, 1.807) is 6.07 Å². The van der Waals surface area contributed by atoms with E-state index in [9.17, 15) is 9.18 Å². The summed E-state index contributed by atoms with van der Waals surface area (Å²) in [6, 6.07) is 6.37. The number of benzene rings is 1. The average molecular weight is 223 g/mol. The predicted octanol–water partition coefficient (Wildman–Crippen LogP) is 1.58. The fourth-order valence-electron chi connectivity index (χ4n) is 1.83. The second kappa shape index (κ2) is 4.22. The topological polar surface area (TPSA) is 38.3 Å². The number of hydrogen-bond acceptors (Lipinski definition) is 2. The summed E-state index contributed by atoms with van der Waals surface area (Å²) in [5.74, 6) is -0.436. The largest absolute Gasteiger partial charge is 0.375 e. The Balaban J connectivity index is 2.11. The van der Waals surface area contributed by atoms with Crippen LogP contribution in [0.5, 0.6) is 0 Å². The van der Waals surface area contributed by atoms with Crippen molar-refractivity contribution in [2.45, 2.75) is 18.4 Å². The van der Waals surface area contributed by atoms with Gasteiger partial charge in [0.2, 0.25) is 5.91 Å². The highest BCUT2D eigenvalue weighted by Crippen LogP contribution is 2.45. The van der Waals surface area contributed by atoms with E-state index in [1.165, 1.54) is 19.2 Å². The van der Waals surface area contributed by atoms with Crippen molar-refractivity contribution in [1.82, 2.24) is 5.32 Å². The number of nitrogens with one attached hydrogen (secondary N) is 1. The highest BCUT2D eigenvalue weighted by atomic mass is 19.1. The first-order chi connectivity index (χ1) is 7.66. The molecule has 86 valence electrons. The molecule has 1 N–H and O–H groups in total. The maximum absolute atomic E-state index is 13.1. The minimum atomic E-state index is -0.363. The lowest BCUT2D eigenvalue weighted by atomic mass is 10.0. The summed E-state index contributed by atoms with van der Waals surface area (Å²) in [6.07, 6.45) is 1.71. The van der Waals surface area contributed by atoms with Crippen molar-refractivity contribution < 1.29 is 13.9 Å². The lowest BCUT2D eigenvalue weighted by Crippen LogP contribution is -2.37. The van der Waals surface area contributed by atoms with Gasteiger partial charge in [-0.1, -0.05) is 12.1 Å². The summed E-state index contributed by atoms with van der Waals surface area (Å²) < 4.78 is 17.8. The van der Waals surface area contributed by atoms with Crippen LogP contribution in [0.3, 0.4) is 0 Å². The van der Waals surface area contributed by atoms with E-state index in [1.807, 2.05) is 6.07 Å². The SMILES string of the molecule is COCC(=O)NC1(c2cccc(F)c2)CC1. The molecule has 0 bridgehead atoms. The van der Waals surface area contributed by atoms with Crippen molar-refractivity contribution in [1.29, 1.82) is 0 Å². The molecule has 0 radical (unpaired) electrons. The molecule has 16 heavy (non-hydrogen) atoms. The van der Waals surface area contributed by atoms with Gasteiger partial charge in [0.25, 0.3) is 0 Å². The molecule has 0 atom stereocenters. The van der Waals surface area contributed by atoms with Crippen LogP contribution in [-0.4, -0.2) is 19.6 Å². The summed E-state index contributed by atoms with van der Waals surface area (Å²) in [5, 5.41) is 2.88. The molecule has 0 aromatic heterocycles. The Morgan fingerprint density at radius 3 is 2.88 bits per heavy atom. The van der Waals surface area contributed by atoms with Gasteiger partial charge in [0, 0.05) is 7.11 Å². The van der Waals surface area contributed by atoms with Gasteiger partial charge in [0.1, 0.15) is 12.4 Å². The molecule has 0 spiro atoms. The third-order valence-corrected chi connectivity index (χ3v) is 2.78. The molecule has 0 heterocycles. The summed E-state index contributed by atoms with van der Waals surface area (Å²) in [4.78, 5) is 11.4. The van der Waals surface area contributed by atoms with Crippen LogP contribution in [0.4, 0.5) is 4.39 Å². The van der Waals surface area contributed by atoms with Crippen LogP contribution < -0.4 is 5.32 Å². The van der Waals surface area contributed by atoms with Gasteiger partial charge in [-0.05, 0) is 30.5 Å². The summed E-state index contributed by atoms with van der Waals surface area (Å²) in [6.45, 7) is 0.0388. The van der Waals surface area contributed by atoms with Gasteiger partial charge in [-0.3, -0.25) is 4.79 Å². The smallest absolute Gasteiger partial charge is 0.246 e. The van der Waals surface area contributed by atoms with E-state index in [2.05, 4.69) is 5.32 Å². The molecule has 1 aromatic rings. The Labute approximate surface area is 93.6 Å². The van der Waals surface area contributed by atoms with Crippen LogP contribution in [0, 0.1) is 5.82 Å². The van der Waals surface area contributed by atoms with Crippen LogP contribution in [0.15, 0.2) is 24.3 Å². The number of hydrogen-bond donors (Lipinski definition) is 1. The van der Waals surface area contributed by atoms with Crippen molar-refractivity contribution >= 4 is 5.91 Å². The van der Waals surface area contributed by atoms with Crippen molar-refractivity contribution in [2.24, 2.45) is 0 Å². The second-order valence-electron chi connectivity index (χ2n) is 4.07. The number of halogens is 1. The molecule has 1 amide bonds. The fourth-order valence-corrected chi connectivity index (χ4v) is 1.83. The molecule has 1 aliphatic rings. The normalized spacial score (nSPS) is 16.9. The van der Waals surface area contributed by atoms with E-state index in [-0.39, 0.29) is 23.9 Å². The van der Waals surface area contributed by atoms with Crippen LogP contribution in [0.1, 0.15) is 18.4 Å². The maximum atomic E-state index is 13.1. The molecule has 1 fully saturated rings. The number of rotatable bonds is 4. The quantitative estimate of drug-likeness (QED) is 0.841. The van der Waals surface area contributed by atoms with Gasteiger partial charge in [0.05, 0.1) is 5.54 Å². The van der Waals surface area contributed by atoms with Crippen molar-refractivity contribution in [3.05, 3.63) is 35.6 Å². The Bertz CT molecular complexity index is 402. The van der Waals surface area contributed by atoms with E-state index in [0.717, 1.165) is 18.4 Å². The van der Waals surface area contributed by atoms with Gasteiger partial charge in [-0.2, -0.15) is 0 Å². The standard InChI is InChI=1S/C12H14FNO2/c1-16-8-11(15)14-12(5-6-12)9-3-2-4-10(13)7-9/h2-4,7H,5-6,8H2,1H3,(H,14,15).